The molecule has 1 aromatic carbocycles. The van der Waals surface area contributed by atoms with Crippen LogP contribution in [0.15, 0.2) is 18.2 Å². The molecule has 2 rings (SSSR count). The Balaban J connectivity index is 2.09. The third kappa shape index (κ3) is 3.57. The number of ether oxygens (including phenoxy) is 1. The Morgan fingerprint density at radius 3 is 2.86 bits per heavy atom. The first-order chi connectivity index (χ1) is 10.6. The van der Waals surface area contributed by atoms with Crippen LogP contribution < -0.4 is 20.3 Å². The predicted octanol–water partition coefficient (Wildman–Crippen LogP) is 0.692. The van der Waals surface area contributed by atoms with E-state index in [1.165, 1.54) is 0 Å². The van der Waals surface area contributed by atoms with E-state index in [1.807, 2.05) is 32.2 Å². The summed E-state index contributed by atoms with van der Waals surface area (Å²) in [7, 11) is 3.41. The average molecular weight is 305 g/mol. The molecule has 22 heavy (non-hydrogen) atoms. The van der Waals surface area contributed by atoms with E-state index >= 15 is 0 Å². The highest BCUT2D eigenvalue weighted by atomic mass is 16.5. The minimum atomic E-state index is -0.311. The number of carbonyl (C=O) groups is 2. The fourth-order valence-electron chi connectivity index (χ4n) is 2.58. The molecular formula is C16H23N3O3. The van der Waals surface area contributed by atoms with E-state index in [-0.39, 0.29) is 24.2 Å². The van der Waals surface area contributed by atoms with Gasteiger partial charge in [-0.05, 0) is 31.7 Å². The first-order valence-corrected chi connectivity index (χ1v) is 7.44. The van der Waals surface area contributed by atoms with Gasteiger partial charge in [-0.2, -0.15) is 0 Å². The van der Waals surface area contributed by atoms with Gasteiger partial charge in [0, 0.05) is 26.1 Å². The number of anilines is 1. The fraction of sp³-hybridized carbons (Fsp3) is 0.500. The molecule has 1 aliphatic heterocycles. The minimum Gasteiger partial charge on any atom is -0.495 e. The second kappa shape index (κ2) is 7.26. The quantitative estimate of drug-likeness (QED) is 0.759. The molecule has 0 spiro atoms. The van der Waals surface area contributed by atoms with E-state index in [9.17, 15) is 9.59 Å². The van der Waals surface area contributed by atoms with Crippen LogP contribution in [-0.4, -0.2) is 45.6 Å². The number of carbonyl (C=O) groups excluding carboxylic acids is 2. The first kappa shape index (κ1) is 16.3. The van der Waals surface area contributed by atoms with Gasteiger partial charge in [0.05, 0.1) is 18.7 Å². The van der Waals surface area contributed by atoms with E-state index in [4.69, 9.17) is 4.74 Å². The third-order valence-electron chi connectivity index (χ3n) is 3.80. The van der Waals surface area contributed by atoms with Crippen LogP contribution in [-0.2, 0) is 9.59 Å². The highest BCUT2D eigenvalue weighted by molar-refractivity contribution is 6.01. The molecule has 2 N–H and O–H groups in total. The van der Waals surface area contributed by atoms with E-state index in [1.54, 1.807) is 12.0 Å². The Bertz CT molecular complexity index is 560. The molecule has 1 saturated heterocycles. The summed E-state index contributed by atoms with van der Waals surface area (Å²) in [5.74, 6) is 0.222. The fourth-order valence-corrected chi connectivity index (χ4v) is 2.58. The van der Waals surface area contributed by atoms with Crippen molar-refractivity contribution in [2.75, 3.05) is 38.7 Å². The topological polar surface area (TPSA) is 70.7 Å². The van der Waals surface area contributed by atoms with Crippen molar-refractivity contribution in [2.45, 2.75) is 13.3 Å². The number of benzene rings is 1. The Morgan fingerprint density at radius 1 is 1.41 bits per heavy atom. The minimum absolute atomic E-state index is 0.0438. The maximum Gasteiger partial charge on any atom is 0.227 e. The Hall–Kier alpha value is -2.08. The summed E-state index contributed by atoms with van der Waals surface area (Å²) in [5, 5.41) is 5.82. The number of aryl methyl sites for hydroxylation is 1. The number of hydrogen-bond acceptors (Lipinski definition) is 4. The van der Waals surface area contributed by atoms with Gasteiger partial charge >= 0.3 is 0 Å². The number of rotatable bonds is 6. The molecule has 0 aliphatic carbocycles. The molecule has 1 atom stereocenters. The summed E-state index contributed by atoms with van der Waals surface area (Å²) in [6.07, 6.45) is 0.239. The lowest BCUT2D eigenvalue weighted by molar-refractivity contribution is -0.126. The summed E-state index contributed by atoms with van der Waals surface area (Å²) < 4.78 is 5.33. The van der Waals surface area contributed by atoms with Crippen LogP contribution in [0.2, 0.25) is 0 Å². The van der Waals surface area contributed by atoms with Gasteiger partial charge < -0.3 is 20.3 Å². The molecule has 1 unspecified atom stereocenters. The number of hydrogen-bond donors (Lipinski definition) is 2. The van der Waals surface area contributed by atoms with Gasteiger partial charge in [0.15, 0.2) is 0 Å². The van der Waals surface area contributed by atoms with E-state index in [0.717, 1.165) is 11.3 Å². The van der Waals surface area contributed by atoms with Crippen molar-refractivity contribution in [3.63, 3.8) is 0 Å². The summed E-state index contributed by atoms with van der Waals surface area (Å²) in [5.41, 5.74) is 1.78. The van der Waals surface area contributed by atoms with Crippen LogP contribution >= 0.6 is 0 Å². The average Bonchev–Trinajstić information content (AvgIpc) is 2.89. The van der Waals surface area contributed by atoms with Crippen molar-refractivity contribution in [1.29, 1.82) is 0 Å². The molecule has 0 bridgehead atoms. The molecule has 0 aromatic heterocycles. The van der Waals surface area contributed by atoms with Crippen LogP contribution in [0.4, 0.5) is 5.69 Å². The highest BCUT2D eigenvalue weighted by Crippen LogP contribution is 2.33. The monoisotopic (exact) mass is 305 g/mol. The second-order valence-corrected chi connectivity index (χ2v) is 5.48. The first-order valence-electron chi connectivity index (χ1n) is 7.44. The molecule has 0 saturated carbocycles. The van der Waals surface area contributed by atoms with Gasteiger partial charge in [-0.15, -0.1) is 0 Å². The van der Waals surface area contributed by atoms with Crippen molar-refractivity contribution >= 4 is 17.5 Å². The van der Waals surface area contributed by atoms with Crippen molar-refractivity contribution in [3.8, 4) is 5.75 Å². The molecule has 1 heterocycles. The molecule has 1 fully saturated rings. The SMILES string of the molecule is CNCCNC(=O)C1CC(=O)N(c2cc(C)ccc2OC)C1. The molecular weight excluding hydrogens is 282 g/mol. The van der Waals surface area contributed by atoms with Crippen molar-refractivity contribution < 1.29 is 14.3 Å². The van der Waals surface area contributed by atoms with Crippen molar-refractivity contribution in [3.05, 3.63) is 23.8 Å². The maximum atomic E-state index is 12.3. The van der Waals surface area contributed by atoms with Gasteiger partial charge in [0.1, 0.15) is 5.75 Å². The van der Waals surface area contributed by atoms with Crippen LogP contribution in [0.5, 0.6) is 5.75 Å². The third-order valence-corrected chi connectivity index (χ3v) is 3.80. The van der Waals surface area contributed by atoms with Crippen molar-refractivity contribution in [1.82, 2.24) is 10.6 Å². The van der Waals surface area contributed by atoms with Crippen LogP contribution in [0, 0.1) is 12.8 Å². The maximum absolute atomic E-state index is 12.3. The van der Waals surface area contributed by atoms with E-state index in [2.05, 4.69) is 10.6 Å². The number of nitrogens with one attached hydrogen (secondary N) is 2. The highest BCUT2D eigenvalue weighted by Gasteiger charge is 2.36. The molecule has 6 nitrogen and oxygen atoms in total. The van der Waals surface area contributed by atoms with E-state index < -0.39 is 0 Å². The second-order valence-electron chi connectivity index (χ2n) is 5.48. The summed E-state index contributed by atoms with van der Waals surface area (Å²) in [6.45, 7) is 3.63. The van der Waals surface area contributed by atoms with Crippen LogP contribution in [0.1, 0.15) is 12.0 Å². The summed E-state index contributed by atoms with van der Waals surface area (Å²) in [6, 6.07) is 5.70. The smallest absolute Gasteiger partial charge is 0.227 e. The standard InChI is InChI=1S/C16H23N3O3/c1-11-4-5-14(22-3)13(8-11)19-10-12(9-15(19)20)16(21)18-7-6-17-2/h4-5,8,12,17H,6-7,9-10H2,1-3H3,(H,18,21). The molecule has 1 aromatic rings. The molecule has 1 aliphatic rings. The largest absolute Gasteiger partial charge is 0.495 e. The number of likely N-dealkylation sites (N-methyl/N-ethyl adjacent to an activating group) is 1. The van der Waals surface area contributed by atoms with Crippen LogP contribution in [0.3, 0.4) is 0 Å². The molecule has 6 heteroatoms. The number of nitrogens with zero attached hydrogens (tertiary/aromatic N) is 1. The normalized spacial score (nSPS) is 17.7. The van der Waals surface area contributed by atoms with Gasteiger partial charge in [0.2, 0.25) is 11.8 Å². The summed E-state index contributed by atoms with van der Waals surface area (Å²) in [4.78, 5) is 26.0. The van der Waals surface area contributed by atoms with Gasteiger partial charge in [-0.25, -0.2) is 0 Å². The number of amides is 2. The Kier molecular flexibility index (Phi) is 5.38. The predicted molar refractivity (Wildman–Crippen MR) is 85.1 cm³/mol. The zero-order valence-electron chi connectivity index (χ0n) is 13.3. The lowest BCUT2D eigenvalue weighted by Crippen LogP contribution is -2.36. The molecule has 2 amide bonds. The zero-order valence-corrected chi connectivity index (χ0v) is 13.3. The summed E-state index contributed by atoms with van der Waals surface area (Å²) >= 11 is 0. The Morgan fingerprint density at radius 2 is 2.18 bits per heavy atom. The Labute approximate surface area is 130 Å². The zero-order chi connectivity index (χ0) is 16.1. The van der Waals surface area contributed by atoms with E-state index in [0.29, 0.717) is 25.4 Å². The van der Waals surface area contributed by atoms with Gasteiger partial charge in [-0.1, -0.05) is 6.07 Å². The van der Waals surface area contributed by atoms with Crippen LogP contribution in [0.25, 0.3) is 0 Å². The lowest BCUT2D eigenvalue weighted by atomic mass is 10.1. The number of methoxy groups -OCH3 is 1. The van der Waals surface area contributed by atoms with Gasteiger partial charge in [-0.3, -0.25) is 9.59 Å². The molecule has 120 valence electrons. The molecule has 0 radical (unpaired) electrons. The lowest BCUT2D eigenvalue weighted by Gasteiger charge is -2.20. The van der Waals surface area contributed by atoms with Gasteiger partial charge in [0.25, 0.3) is 0 Å². The van der Waals surface area contributed by atoms with Crippen molar-refractivity contribution in [2.24, 2.45) is 5.92 Å².